The lowest BCUT2D eigenvalue weighted by atomic mass is 9.95. The molecule has 0 aliphatic heterocycles. The monoisotopic (exact) mass is 400 g/mol. The van der Waals surface area contributed by atoms with Gasteiger partial charge in [-0.05, 0) is 24.2 Å². The molecule has 0 spiro atoms. The Morgan fingerprint density at radius 3 is 1.93 bits per heavy atom. The van der Waals surface area contributed by atoms with E-state index in [0.717, 1.165) is 0 Å². The minimum absolute atomic E-state index is 0.0869. The molecule has 0 saturated heterocycles. The summed E-state index contributed by atoms with van der Waals surface area (Å²) in [5, 5.41) is 16.4. The van der Waals surface area contributed by atoms with E-state index in [1.165, 1.54) is 0 Å². The molecule has 6 N–H and O–H groups in total. The SMILES string of the molecule is CCC(C)C(NC(=O)C(N)C(C)C)C(=O)NC(CC(C)C)C(=O)NCC(=O)O. The molecule has 0 heterocycles. The second-order valence-corrected chi connectivity index (χ2v) is 7.94. The van der Waals surface area contributed by atoms with Gasteiger partial charge in [0.15, 0.2) is 0 Å². The van der Waals surface area contributed by atoms with Gasteiger partial charge >= 0.3 is 5.97 Å². The lowest BCUT2D eigenvalue weighted by Crippen LogP contribution is -2.58. The van der Waals surface area contributed by atoms with Crippen molar-refractivity contribution in [1.29, 1.82) is 0 Å². The molecule has 0 aromatic carbocycles. The topological polar surface area (TPSA) is 151 Å². The van der Waals surface area contributed by atoms with Crippen LogP contribution in [0.25, 0.3) is 0 Å². The molecule has 0 aliphatic rings. The molecule has 0 aromatic rings. The maximum atomic E-state index is 12.8. The number of amides is 3. The first-order valence-electron chi connectivity index (χ1n) is 9.76. The summed E-state index contributed by atoms with van der Waals surface area (Å²) in [5.41, 5.74) is 5.87. The number of carbonyl (C=O) groups excluding carboxylic acids is 3. The second kappa shape index (κ2) is 12.3. The third kappa shape index (κ3) is 9.16. The molecule has 0 rings (SSSR count). The van der Waals surface area contributed by atoms with Gasteiger partial charge in [0.1, 0.15) is 18.6 Å². The fourth-order valence-corrected chi connectivity index (χ4v) is 2.50. The molecule has 9 nitrogen and oxygen atoms in total. The molecule has 0 aromatic heterocycles. The van der Waals surface area contributed by atoms with Crippen molar-refractivity contribution >= 4 is 23.7 Å². The number of nitrogens with one attached hydrogen (secondary N) is 3. The van der Waals surface area contributed by atoms with E-state index in [-0.39, 0.29) is 17.8 Å². The van der Waals surface area contributed by atoms with Crippen LogP contribution in [0.2, 0.25) is 0 Å². The van der Waals surface area contributed by atoms with Crippen LogP contribution in [0.5, 0.6) is 0 Å². The van der Waals surface area contributed by atoms with Crippen molar-refractivity contribution in [3.8, 4) is 0 Å². The van der Waals surface area contributed by atoms with Gasteiger partial charge in [-0.2, -0.15) is 0 Å². The normalized spacial score (nSPS) is 15.5. The maximum Gasteiger partial charge on any atom is 0.322 e. The Bertz CT molecular complexity index is 550. The van der Waals surface area contributed by atoms with Gasteiger partial charge in [-0.15, -0.1) is 0 Å². The first-order valence-corrected chi connectivity index (χ1v) is 9.76. The lowest BCUT2D eigenvalue weighted by molar-refractivity contribution is -0.138. The van der Waals surface area contributed by atoms with E-state index in [4.69, 9.17) is 10.8 Å². The van der Waals surface area contributed by atoms with Crippen LogP contribution in [0.1, 0.15) is 54.4 Å². The van der Waals surface area contributed by atoms with Gasteiger partial charge in [-0.25, -0.2) is 0 Å². The Hall–Kier alpha value is -2.16. The largest absolute Gasteiger partial charge is 0.480 e. The highest BCUT2D eigenvalue weighted by atomic mass is 16.4. The van der Waals surface area contributed by atoms with Crippen LogP contribution >= 0.6 is 0 Å². The zero-order valence-electron chi connectivity index (χ0n) is 17.7. The summed E-state index contributed by atoms with van der Waals surface area (Å²) in [4.78, 5) is 48.2. The summed E-state index contributed by atoms with van der Waals surface area (Å²) in [6.45, 7) is 10.6. The van der Waals surface area contributed by atoms with E-state index >= 15 is 0 Å². The highest BCUT2D eigenvalue weighted by Crippen LogP contribution is 2.11. The van der Waals surface area contributed by atoms with Crippen molar-refractivity contribution in [2.24, 2.45) is 23.5 Å². The fourth-order valence-electron chi connectivity index (χ4n) is 2.50. The molecule has 0 aliphatic carbocycles. The van der Waals surface area contributed by atoms with Crippen LogP contribution in [0, 0.1) is 17.8 Å². The minimum Gasteiger partial charge on any atom is -0.480 e. The van der Waals surface area contributed by atoms with Crippen molar-refractivity contribution in [2.75, 3.05) is 6.54 Å². The van der Waals surface area contributed by atoms with Crippen LogP contribution in [0.3, 0.4) is 0 Å². The van der Waals surface area contributed by atoms with Crippen molar-refractivity contribution in [2.45, 2.75) is 72.5 Å². The van der Waals surface area contributed by atoms with E-state index in [1.807, 2.05) is 41.5 Å². The standard InChI is InChI=1S/C19H36N4O5/c1-7-12(6)16(23-18(27)15(20)11(4)5)19(28)22-13(8-10(2)3)17(26)21-9-14(24)25/h10-13,15-16H,7-9,20H2,1-6H3,(H,21,26)(H,22,28)(H,23,27)(H,24,25). The molecule has 0 bridgehead atoms. The average Bonchev–Trinajstić information content (AvgIpc) is 2.61. The second-order valence-electron chi connectivity index (χ2n) is 7.94. The molecule has 0 radical (unpaired) electrons. The lowest BCUT2D eigenvalue weighted by Gasteiger charge is -2.28. The number of rotatable bonds is 12. The third-order valence-corrected chi connectivity index (χ3v) is 4.57. The van der Waals surface area contributed by atoms with Crippen molar-refractivity contribution < 1.29 is 24.3 Å². The maximum absolute atomic E-state index is 12.8. The summed E-state index contributed by atoms with van der Waals surface area (Å²) in [5.74, 6) is -2.83. The molecule has 0 saturated carbocycles. The third-order valence-electron chi connectivity index (χ3n) is 4.57. The van der Waals surface area contributed by atoms with Crippen LogP contribution in [0.15, 0.2) is 0 Å². The van der Waals surface area contributed by atoms with Gasteiger partial charge in [0.2, 0.25) is 17.7 Å². The Kier molecular flexibility index (Phi) is 11.4. The van der Waals surface area contributed by atoms with Crippen molar-refractivity contribution in [1.82, 2.24) is 16.0 Å². The van der Waals surface area contributed by atoms with Gasteiger partial charge in [0.05, 0.1) is 6.04 Å². The molecule has 162 valence electrons. The molecular weight excluding hydrogens is 364 g/mol. The highest BCUT2D eigenvalue weighted by Gasteiger charge is 2.31. The molecule has 28 heavy (non-hydrogen) atoms. The smallest absolute Gasteiger partial charge is 0.322 e. The summed E-state index contributed by atoms with van der Waals surface area (Å²) in [6.07, 6.45) is 0.971. The van der Waals surface area contributed by atoms with E-state index in [1.54, 1.807) is 0 Å². The van der Waals surface area contributed by atoms with Crippen LogP contribution in [0.4, 0.5) is 0 Å². The number of nitrogens with two attached hydrogens (primary N) is 1. The van der Waals surface area contributed by atoms with Crippen LogP contribution < -0.4 is 21.7 Å². The number of aliphatic carboxylic acids is 1. The Labute approximate surface area is 167 Å². The Morgan fingerprint density at radius 2 is 1.50 bits per heavy atom. The van der Waals surface area contributed by atoms with Crippen LogP contribution in [-0.2, 0) is 19.2 Å². The molecule has 3 amide bonds. The fraction of sp³-hybridized carbons (Fsp3) is 0.789. The van der Waals surface area contributed by atoms with E-state index in [0.29, 0.717) is 12.8 Å². The molecule has 0 fully saturated rings. The summed E-state index contributed by atoms with van der Waals surface area (Å²) < 4.78 is 0. The first kappa shape index (κ1) is 25.8. The minimum atomic E-state index is -1.17. The van der Waals surface area contributed by atoms with Crippen molar-refractivity contribution in [3.63, 3.8) is 0 Å². The number of hydrogen-bond acceptors (Lipinski definition) is 5. The summed E-state index contributed by atoms with van der Waals surface area (Å²) in [6, 6.07) is -2.48. The van der Waals surface area contributed by atoms with Crippen LogP contribution in [-0.4, -0.2) is 53.5 Å². The van der Waals surface area contributed by atoms with E-state index in [9.17, 15) is 19.2 Å². The quantitative estimate of drug-likeness (QED) is 0.316. The predicted molar refractivity (Wildman–Crippen MR) is 106 cm³/mol. The first-order chi connectivity index (χ1) is 12.9. The number of carbonyl (C=O) groups is 4. The van der Waals surface area contributed by atoms with Gasteiger partial charge in [0, 0.05) is 0 Å². The average molecular weight is 401 g/mol. The summed E-state index contributed by atoms with van der Waals surface area (Å²) in [7, 11) is 0. The number of carboxylic acid groups (broad SMARTS) is 1. The Morgan fingerprint density at radius 1 is 0.929 bits per heavy atom. The van der Waals surface area contributed by atoms with Crippen molar-refractivity contribution in [3.05, 3.63) is 0 Å². The predicted octanol–water partition coefficient (Wildman–Crippen LogP) is 0.232. The molecule has 9 heteroatoms. The zero-order valence-corrected chi connectivity index (χ0v) is 17.7. The molecule has 4 atom stereocenters. The van der Waals surface area contributed by atoms with Gasteiger partial charge in [-0.3, -0.25) is 19.2 Å². The summed E-state index contributed by atoms with van der Waals surface area (Å²) >= 11 is 0. The van der Waals surface area contributed by atoms with E-state index in [2.05, 4.69) is 16.0 Å². The number of carboxylic acids is 1. The molecule has 4 unspecified atom stereocenters. The number of hydrogen-bond donors (Lipinski definition) is 5. The highest BCUT2D eigenvalue weighted by molar-refractivity contribution is 5.93. The van der Waals surface area contributed by atoms with E-state index < -0.39 is 48.4 Å². The van der Waals surface area contributed by atoms with Gasteiger partial charge in [0.25, 0.3) is 0 Å². The zero-order chi connectivity index (χ0) is 22.0. The van der Waals surface area contributed by atoms with Gasteiger partial charge in [-0.1, -0.05) is 48.0 Å². The Balaban J connectivity index is 5.31. The molecular formula is C19H36N4O5. The van der Waals surface area contributed by atoms with Gasteiger partial charge < -0.3 is 26.8 Å².